The lowest BCUT2D eigenvalue weighted by Gasteiger charge is -2.14. The number of anilines is 1. The molecule has 8 heteroatoms. The van der Waals surface area contributed by atoms with Gasteiger partial charge in [0.05, 0.1) is 4.47 Å². The van der Waals surface area contributed by atoms with Gasteiger partial charge in [0.2, 0.25) is 5.88 Å². The highest BCUT2D eigenvalue weighted by atomic mass is 79.9. The third kappa shape index (κ3) is 4.51. The van der Waals surface area contributed by atoms with Crippen LogP contribution < -0.4 is 10.1 Å². The van der Waals surface area contributed by atoms with Crippen LogP contribution >= 0.6 is 15.9 Å². The predicted octanol–water partition coefficient (Wildman–Crippen LogP) is 5.05. The molecule has 0 spiro atoms. The molecule has 0 aliphatic heterocycles. The molecule has 27 heavy (non-hydrogen) atoms. The minimum absolute atomic E-state index is 0.105. The summed E-state index contributed by atoms with van der Waals surface area (Å²) in [5, 5.41) is 9.76. The van der Waals surface area contributed by atoms with Gasteiger partial charge < -0.3 is 10.1 Å². The first-order chi connectivity index (χ1) is 12.7. The van der Waals surface area contributed by atoms with E-state index in [1.54, 1.807) is 18.2 Å². The molecule has 0 aliphatic rings. The van der Waals surface area contributed by atoms with E-state index in [0.29, 0.717) is 16.0 Å². The van der Waals surface area contributed by atoms with Crippen molar-refractivity contribution >= 4 is 27.7 Å². The molecule has 0 bridgehead atoms. The molecule has 1 amide bonds. The number of aromatic nitrogens is 3. The number of benzene rings is 1. The Balaban J connectivity index is 1.82. The normalized spacial score (nSPS) is 11.3. The Morgan fingerprint density at radius 3 is 2.70 bits per heavy atom. The molecule has 0 unspecified atom stereocenters. The summed E-state index contributed by atoms with van der Waals surface area (Å²) in [7, 11) is 0. The molecule has 3 aromatic rings. The van der Waals surface area contributed by atoms with Gasteiger partial charge in [-0.25, -0.2) is 9.37 Å². The molecule has 0 saturated heterocycles. The maximum atomic E-state index is 13.2. The third-order valence-electron chi connectivity index (χ3n) is 3.74. The first kappa shape index (κ1) is 19.0. The van der Waals surface area contributed by atoms with Crippen molar-refractivity contribution in [3.8, 4) is 11.6 Å². The van der Waals surface area contributed by atoms with Crippen LogP contribution in [-0.4, -0.2) is 21.1 Å². The highest BCUT2D eigenvalue weighted by Crippen LogP contribution is 2.31. The summed E-state index contributed by atoms with van der Waals surface area (Å²) in [5.74, 6) is 0.0419. The molecule has 2 heterocycles. The van der Waals surface area contributed by atoms with Crippen LogP contribution in [0.25, 0.3) is 0 Å². The van der Waals surface area contributed by atoms with Gasteiger partial charge in [0.25, 0.3) is 5.91 Å². The number of carbonyl (C=O) groups is 1. The number of ether oxygens (including phenoxy) is 1. The second-order valence-corrected chi connectivity index (χ2v) is 7.76. The number of nitrogens with zero attached hydrogens (tertiary/aromatic N) is 2. The van der Waals surface area contributed by atoms with Crippen LogP contribution in [0.2, 0.25) is 0 Å². The minimum Gasteiger partial charge on any atom is -0.437 e. The molecule has 3 rings (SSSR count). The monoisotopic (exact) mass is 432 g/mol. The summed E-state index contributed by atoms with van der Waals surface area (Å²) >= 11 is 3.23. The van der Waals surface area contributed by atoms with Gasteiger partial charge in [-0.15, -0.1) is 0 Å². The Labute approximate surface area is 164 Å². The van der Waals surface area contributed by atoms with E-state index in [-0.39, 0.29) is 16.9 Å². The average Bonchev–Trinajstić information content (AvgIpc) is 3.06. The molecule has 1 aromatic carbocycles. The van der Waals surface area contributed by atoms with E-state index in [1.807, 2.05) is 20.8 Å². The number of hydrogen-bond donors (Lipinski definition) is 2. The Morgan fingerprint density at radius 2 is 2.04 bits per heavy atom. The Morgan fingerprint density at radius 1 is 1.26 bits per heavy atom. The van der Waals surface area contributed by atoms with Crippen molar-refractivity contribution in [2.45, 2.75) is 26.2 Å². The zero-order chi connectivity index (χ0) is 19.6. The first-order valence-corrected chi connectivity index (χ1v) is 8.98. The number of amides is 1. The molecular formula is C19H18BrFN4O2. The molecule has 0 atom stereocenters. The molecule has 2 aromatic heterocycles. The van der Waals surface area contributed by atoms with E-state index in [9.17, 15) is 9.18 Å². The molecule has 0 aliphatic carbocycles. The van der Waals surface area contributed by atoms with Gasteiger partial charge in [0, 0.05) is 23.4 Å². The van der Waals surface area contributed by atoms with Crippen molar-refractivity contribution in [3.63, 3.8) is 0 Å². The maximum absolute atomic E-state index is 13.2. The lowest BCUT2D eigenvalue weighted by atomic mass is 9.92. The van der Waals surface area contributed by atoms with Gasteiger partial charge in [0.15, 0.2) is 5.82 Å². The van der Waals surface area contributed by atoms with E-state index >= 15 is 0 Å². The Hall–Kier alpha value is -2.74. The highest BCUT2D eigenvalue weighted by molar-refractivity contribution is 9.10. The van der Waals surface area contributed by atoms with Crippen molar-refractivity contribution in [1.82, 2.24) is 15.2 Å². The lowest BCUT2D eigenvalue weighted by molar-refractivity contribution is 0.102. The predicted molar refractivity (Wildman–Crippen MR) is 104 cm³/mol. The summed E-state index contributed by atoms with van der Waals surface area (Å²) in [6.45, 7) is 6.12. The van der Waals surface area contributed by atoms with E-state index < -0.39 is 11.7 Å². The number of halogens is 2. The molecule has 0 saturated carbocycles. The quantitative estimate of drug-likeness (QED) is 0.604. The number of aromatic amines is 1. The van der Waals surface area contributed by atoms with Crippen LogP contribution in [0.15, 0.2) is 47.1 Å². The van der Waals surface area contributed by atoms with Crippen LogP contribution in [0.3, 0.4) is 0 Å². The average molecular weight is 433 g/mol. The number of carbonyl (C=O) groups excluding carboxylic acids is 1. The van der Waals surface area contributed by atoms with Crippen molar-refractivity contribution in [3.05, 3.63) is 64.1 Å². The van der Waals surface area contributed by atoms with Crippen LogP contribution in [0, 0.1) is 5.82 Å². The van der Waals surface area contributed by atoms with Gasteiger partial charge in [-0.2, -0.15) is 5.10 Å². The van der Waals surface area contributed by atoms with Crippen molar-refractivity contribution < 1.29 is 13.9 Å². The van der Waals surface area contributed by atoms with Gasteiger partial charge in [0.1, 0.15) is 17.1 Å². The van der Waals surface area contributed by atoms with Crippen LogP contribution in [0.5, 0.6) is 11.6 Å². The van der Waals surface area contributed by atoms with Gasteiger partial charge >= 0.3 is 0 Å². The fraction of sp³-hybridized carbons (Fsp3) is 0.211. The smallest absolute Gasteiger partial charge is 0.262 e. The van der Waals surface area contributed by atoms with E-state index in [0.717, 1.165) is 5.69 Å². The molecular weight excluding hydrogens is 415 g/mol. The Bertz CT molecular complexity index is 982. The first-order valence-electron chi connectivity index (χ1n) is 8.19. The second-order valence-electron chi connectivity index (χ2n) is 6.90. The lowest BCUT2D eigenvalue weighted by Crippen LogP contribution is -2.14. The van der Waals surface area contributed by atoms with Crippen LogP contribution in [0.4, 0.5) is 10.2 Å². The molecule has 140 valence electrons. The highest BCUT2D eigenvalue weighted by Gasteiger charge is 2.20. The number of rotatable bonds is 4. The SMILES string of the molecule is CC(C)(C)c1cc(NC(=O)c2cccnc2Oc2ccc(F)cc2Br)n[nH]1. The van der Waals surface area contributed by atoms with E-state index in [1.165, 1.54) is 24.4 Å². The third-order valence-corrected chi connectivity index (χ3v) is 4.36. The van der Waals surface area contributed by atoms with Gasteiger partial charge in [-0.3, -0.25) is 9.89 Å². The fourth-order valence-electron chi connectivity index (χ4n) is 2.26. The van der Waals surface area contributed by atoms with Gasteiger partial charge in [-0.05, 0) is 46.3 Å². The maximum Gasteiger partial charge on any atom is 0.262 e. The van der Waals surface area contributed by atoms with Crippen molar-refractivity contribution in [2.75, 3.05) is 5.32 Å². The number of H-pyrrole nitrogens is 1. The Kier molecular flexibility index (Phi) is 5.27. The summed E-state index contributed by atoms with van der Waals surface area (Å²) in [4.78, 5) is 16.8. The summed E-state index contributed by atoms with van der Waals surface area (Å²) in [6, 6.07) is 9.00. The van der Waals surface area contributed by atoms with Crippen molar-refractivity contribution in [1.29, 1.82) is 0 Å². The number of pyridine rings is 1. The minimum atomic E-state index is -0.414. The standard InChI is InChI=1S/C19H18BrFN4O2/c1-19(2,3)15-10-16(25-24-15)23-17(26)12-5-4-8-22-18(12)27-14-7-6-11(21)9-13(14)20/h4-10H,1-3H3,(H2,23,24,25,26). The summed E-state index contributed by atoms with van der Waals surface area (Å²) in [5.41, 5.74) is 1.01. The molecule has 6 nitrogen and oxygen atoms in total. The molecule has 2 N–H and O–H groups in total. The zero-order valence-electron chi connectivity index (χ0n) is 15.0. The fourth-order valence-corrected chi connectivity index (χ4v) is 2.69. The van der Waals surface area contributed by atoms with Crippen LogP contribution in [0.1, 0.15) is 36.8 Å². The topological polar surface area (TPSA) is 79.9 Å². The largest absolute Gasteiger partial charge is 0.437 e. The number of hydrogen-bond acceptors (Lipinski definition) is 4. The van der Waals surface area contributed by atoms with E-state index in [2.05, 4.69) is 36.4 Å². The van der Waals surface area contributed by atoms with Crippen molar-refractivity contribution in [2.24, 2.45) is 0 Å². The zero-order valence-corrected chi connectivity index (χ0v) is 16.6. The molecule has 0 fully saturated rings. The van der Waals surface area contributed by atoms with E-state index in [4.69, 9.17) is 4.74 Å². The second kappa shape index (κ2) is 7.48. The van der Waals surface area contributed by atoms with Gasteiger partial charge in [-0.1, -0.05) is 20.8 Å². The summed E-state index contributed by atoms with van der Waals surface area (Å²) in [6.07, 6.45) is 1.51. The summed E-state index contributed by atoms with van der Waals surface area (Å²) < 4.78 is 19.4. The molecule has 0 radical (unpaired) electrons. The van der Waals surface area contributed by atoms with Crippen LogP contribution in [-0.2, 0) is 5.41 Å². The number of nitrogens with one attached hydrogen (secondary N) is 2.